The van der Waals surface area contributed by atoms with Crippen molar-refractivity contribution in [1.82, 2.24) is 0 Å². The fourth-order valence-corrected chi connectivity index (χ4v) is 1.45. The highest BCUT2D eigenvalue weighted by atomic mass is 16.5. The summed E-state index contributed by atoms with van der Waals surface area (Å²) >= 11 is 0. The first-order chi connectivity index (χ1) is 6.79. The second-order valence-electron chi connectivity index (χ2n) is 3.20. The molecule has 0 N–H and O–H groups in total. The molecule has 0 heterocycles. The zero-order chi connectivity index (χ0) is 9.97. The third kappa shape index (κ3) is 1.59. The van der Waals surface area contributed by atoms with Crippen LogP contribution in [0.2, 0.25) is 0 Å². The molecule has 2 aromatic rings. The SMILES string of the molecule is Cc1ccc2cc(O[C]=O)ccc2c1. The van der Waals surface area contributed by atoms with Crippen molar-refractivity contribution in [2.24, 2.45) is 0 Å². The van der Waals surface area contributed by atoms with E-state index < -0.39 is 0 Å². The van der Waals surface area contributed by atoms with E-state index in [2.05, 4.69) is 10.8 Å². The second kappa shape index (κ2) is 3.50. The van der Waals surface area contributed by atoms with Gasteiger partial charge in [0.15, 0.2) is 0 Å². The van der Waals surface area contributed by atoms with Gasteiger partial charge >= 0.3 is 6.47 Å². The van der Waals surface area contributed by atoms with Crippen molar-refractivity contribution in [2.75, 3.05) is 0 Å². The van der Waals surface area contributed by atoms with Crippen molar-refractivity contribution in [2.45, 2.75) is 6.92 Å². The first-order valence-corrected chi connectivity index (χ1v) is 4.34. The van der Waals surface area contributed by atoms with Crippen LogP contribution in [0, 0.1) is 6.92 Å². The first kappa shape index (κ1) is 8.75. The van der Waals surface area contributed by atoms with Crippen molar-refractivity contribution in [1.29, 1.82) is 0 Å². The van der Waals surface area contributed by atoms with E-state index in [1.807, 2.05) is 31.2 Å². The Bertz CT molecular complexity index is 475. The molecular weight excluding hydrogens is 176 g/mol. The molecule has 0 atom stereocenters. The quantitative estimate of drug-likeness (QED) is 0.718. The van der Waals surface area contributed by atoms with Crippen LogP contribution in [0.15, 0.2) is 36.4 Å². The van der Waals surface area contributed by atoms with Crippen molar-refractivity contribution >= 4 is 17.2 Å². The highest BCUT2D eigenvalue weighted by Crippen LogP contribution is 2.21. The topological polar surface area (TPSA) is 26.3 Å². The maximum atomic E-state index is 10.0. The average Bonchev–Trinajstić information content (AvgIpc) is 2.19. The number of hydrogen-bond donors (Lipinski definition) is 0. The summed E-state index contributed by atoms with van der Waals surface area (Å²) in [5, 5.41) is 2.20. The van der Waals surface area contributed by atoms with Crippen LogP contribution in [0.3, 0.4) is 0 Å². The smallest absolute Gasteiger partial charge is 0.418 e. The summed E-state index contributed by atoms with van der Waals surface area (Å²) in [5.41, 5.74) is 1.22. The summed E-state index contributed by atoms with van der Waals surface area (Å²) in [6, 6.07) is 11.6. The van der Waals surface area contributed by atoms with Gasteiger partial charge in [-0.2, -0.15) is 0 Å². The van der Waals surface area contributed by atoms with Gasteiger partial charge in [0.2, 0.25) is 0 Å². The molecular formula is C12H9O2. The Hall–Kier alpha value is -1.83. The molecule has 2 rings (SSSR count). The monoisotopic (exact) mass is 185 g/mol. The molecule has 0 fully saturated rings. The molecule has 0 amide bonds. The molecule has 2 heteroatoms. The first-order valence-electron chi connectivity index (χ1n) is 4.34. The molecule has 0 aliphatic carbocycles. The highest BCUT2D eigenvalue weighted by Gasteiger charge is 1.97. The Balaban J connectivity index is 2.55. The Morgan fingerprint density at radius 2 is 1.79 bits per heavy atom. The lowest BCUT2D eigenvalue weighted by atomic mass is 10.1. The van der Waals surface area contributed by atoms with Gasteiger partial charge in [0, 0.05) is 0 Å². The third-order valence-electron chi connectivity index (χ3n) is 2.13. The maximum absolute atomic E-state index is 10.0. The molecule has 0 saturated heterocycles. The minimum absolute atomic E-state index is 0.524. The Morgan fingerprint density at radius 1 is 1.07 bits per heavy atom. The van der Waals surface area contributed by atoms with Gasteiger partial charge in [0.05, 0.1) is 0 Å². The zero-order valence-corrected chi connectivity index (χ0v) is 7.78. The van der Waals surface area contributed by atoms with E-state index in [1.54, 1.807) is 6.07 Å². The van der Waals surface area contributed by atoms with Gasteiger partial charge in [0.25, 0.3) is 0 Å². The second-order valence-corrected chi connectivity index (χ2v) is 3.20. The number of carbonyl (C=O) groups excluding carboxylic acids is 1. The minimum atomic E-state index is 0.524. The molecule has 1 radical (unpaired) electrons. The fourth-order valence-electron chi connectivity index (χ4n) is 1.45. The fraction of sp³-hybridized carbons (Fsp3) is 0.0833. The standard InChI is InChI=1S/C12H9O2/c1-9-2-3-11-7-12(14-8-13)5-4-10(11)6-9/h2-7H,1H3. The van der Waals surface area contributed by atoms with E-state index in [4.69, 9.17) is 0 Å². The predicted octanol–water partition coefficient (Wildman–Crippen LogP) is 2.59. The molecule has 0 bridgehead atoms. The number of aryl methyl sites for hydroxylation is 1. The van der Waals surface area contributed by atoms with Crippen LogP contribution in [-0.2, 0) is 4.79 Å². The van der Waals surface area contributed by atoms with Crippen LogP contribution < -0.4 is 4.74 Å². The number of benzene rings is 2. The van der Waals surface area contributed by atoms with E-state index in [9.17, 15) is 4.79 Å². The van der Waals surface area contributed by atoms with Crippen LogP contribution in [0.4, 0.5) is 0 Å². The van der Waals surface area contributed by atoms with Crippen LogP contribution in [0.5, 0.6) is 5.75 Å². The lowest BCUT2D eigenvalue weighted by Gasteiger charge is -2.01. The van der Waals surface area contributed by atoms with Crippen molar-refractivity contribution in [3.63, 3.8) is 0 Å². The molecule has 0 spiro atoms. The van der Waals surface area contributed by atoms with E-state index in [0.29, 0.717) is 5.75 Å². The minimum Gasteiger partial charge on any atom is -0.418 e. The van der Waals surface area contributed by atoms with Crippen LogP contribution in [-0.4, -0.2) is 6.47 Å². The molecule has 14 heavy (non-hydrogen) atoms. The summed E-state index contributed by atoms with van der Waals surface area (Å²) in [5.74, 6) is 0.524. The van der Waals surface area contributed by atoms with Gasteiger partial charge in [-0.25, -0.2) is 4.79 Å². The zero-order valence-electron chi connectivity index (χ0n) is 7.78. The van der Waals surface area contributed by atoms with Crippen LogP contribution in [0.1, 0.15) is 5.56 Å². The summed E-state index contributed by atoms with van der Waals surface area (Å²) in [4.78, 5) is 10.0. The lowest BCUT2D eigenvalue weighted by Crippen LogP contribution is -1.87. The van der Waals surface area contributed by atoms with Crippen molar-refractivity contribution < 1.29 is 9.53 Å². The van der Waals surface area contributed by atoms with Crippen molar-refractivity contribution in [3.05, 3.63) is 42.0 Å². The Kier molecular flexibility index (Phi) is 2.19. The normalized spacial score (nSPS) is 10.1. The van der Waals surface area contributed by atoms with E-state index in [0.717, 1.165) is 10.8 Å². The van der Waals surface area contributed by atoms with Gasteiger partial charge in [0.1, 0.15) is 5.75 Å². The summed E-state index contributed by atoms with van der Waals surface area (Å²) < 4.78 is 4.64. The lowest BCUT2D eigenvalue weighted by molar-refractivity contribution is 0.443. The Labute approximate surface area is 82.1 Å². The molecule has 2 aromatic carbocycles. The Morgan fingerprint density at radius 3 is 2.57 bits per heavy atom. The molecule has 0 aromatic heterocycles. The van der Waals surface area contributed by atoms with E-state index in [-0.39, 0.29) is 0 Å². The number of fused-ring (bicyclic) bond motifs is 1. The van der Waals surface area contributed by atoms with Gasteiger partial charge in [-0.05, 0) is 29.8 Å². The number of ether oxygens (including phenoxy) is 1. The van der Waals surface area contributed by atoms with Gasteiger partial charge in [-0.1, -0.05) is 29.8 Å². The van der Waals surface area contributed by atoms with E-state index >= 15 is 0 Å². The molecule has 0 aliphatic rings. The van der Waals surface area contributed by atoms with Crippen molar-refractivity contribution in [3.8, 4) is 5.75 Å². The van der Waals surface area contributed by atoms with Gasteiger partial charge < -0.3 is 4.74 Å². The molecule has 0 unspecified atom stereocenters. The van der Waals surface area contributed by atoms with E-state index in [1.165, 1.54) is 12.0 Å². The summed E-state index contributed by atoms with van der Waals surface area (Å²) in [6.07, 6.45) is 0. The summed E-state index contributed by atoms with van der Waals surface area (Å²) in [6.45, 7) is 3.45. The molecule has 0 aliphatic heterocycles. The summed E-state index contributed by atoms with van der Waals surface area (Å²) in [7, 11) is 0. The average molecular weight is 185 g/mol. The van der Waals surface area contributed by atoms with Crippen LogP contribution in [0.25, 0.3) is 10.8 Å². The molecule has 2 nitrogen and oxygen atoms in total. The maximum Gasteiger partial charge on any atom is 0.423 e. The van der Waals surface area contributed by atoms with Gasteiger partial charge in [-0.3, -0.25) is 0 Å². The predicted molar refractivity (Wildman–Crippen MR) is 55.0 cm³/mol. The van der Waals surface area contributed by atoms with Gasteiger partial charge in [-0.15, -0.1) is 0 Å². The molecule has 0 saturated carbocycles. The molecule has 69 valence electrons. The van der Waals surface area contributed by atoms with Crippen LogP contribution >= 0.6 is 0 Å². The highest BCUT2D eigenvalue weighted by molar-refractivity contribution is 5.84. The third-order valence-corrected chi connectivity index (χ3v) is 2.13. The number of hydrogen-bond acceptors (Lipinski definition) is 2. The largest absolute Gasteiger partial charge is 0.423 e. The number of rotatable bonds is 2.